The van der Waals surface area contributed by atoms with Gasteiger partial charge in [0.2, 0.25) is 0 Å². The van der Waals surface area contributed by atoms with Crippen LogP contribution in [-0.2, 0) is 13.0 Å². The fraction of sp³-hybridized carbons (Fsp3) is 0.238. The Morgan fingerprint density at radius 2 is 1.63 bits per heavy atom. The van der Waals surface area contributed by atoms with E-state index < -0.39 is 0 Å². The summed E-state index contributed by atoms with van der Waals surface area (Å²) in [5, 5.41) is 8.34. The molecule has 27 heavy (non-hydrogen) atoms. The van der Waals surface area contributed by atoms with Gasteiger partial charge in [-0.25, -0.2) is 0 Å². The van der Waals surface area contributed by atoms with Crippen LogP contribution in [0.2, 0.25) is 0 Å². The molecular weight excluding hydrogens is 338 g/mol. The molecule has 0 atom stereocenters. The van der Waals surface area contributed by atoms with Crippen LogP contribution < -0.4 is 4.90 Å². The SMILES string of the molecule is CN(CCc1ccncc1)C(=O)c1ccc(N(C)Cc2ccccc2)nn1. The van der Waals surface area contributed by atoms with Crippen LogP contribution in [0.3, 0.4) is 0 Å². The number of aromatic nitrogens is 3. The van der Waals surface area contributed by atoms with E-state index in [0.29, 0.717) is 12.2 Å². The van der Waals surface area contributed by atoms with Crippen LogP contribution >= 0.6 is 0 Å². The van der Waals surface area contributed by atoms with E-state index in [9.17, 15) is 4.79 Å². The average Bonchev–Trinajstić information content (AvgIpc) is 2.73. The number of hydrogen-bond acceptors (Lipinski definition) is 5. The number of likely N-dealkylation sites (N-methyl/N-ethyl adjacent to an activating group) is 1. The van der Waals surface area contributed by atoms with Crippen molar-refractivity contribution >= 4 is 11.7 Å². The number of rotatable bonds is 7. The van der Waals surface area contributed by atoms with Crippen molar-refractivity contribution in [1.29, 1.82) is 0 Å². The van der Waals surface area contributed by atoms with E-state index in [-0.39, 0.29) is 5.91 Å². The maximum absolute atomic E-state index is 12.5. The average molecular weight is 361 g/mol. The minimum absolute atomic E-state index is 0.131. The van der Waals surface area contributed by atoms with Crippen molar-refractivity contribution in [3.05, 3.63) is 83.8 Å². The van der Waals surface area contributed by atoms with Crippen molar-refractivity contribution in [2.45, 2.75) is 13.0 Å². The molecule has 0 N–H and O–H groups in total. The van der Waals surface area contributed by atoms with E-state index in [0.717, 1.165) is 24.3 Å². The van der Waals surface area contributed by atoms with Gasteiger partial charge >= 0.3 is 0 Å². The number of carbonyl (C=O) groups is 1. The highest BCUT2D eigenvalue weighted by atomic mass is 16.2. The van der Waals surface area contributed by atoms with Crippen LogP contribution in [0.25, 0.3) is 0 Å². The molecule has 0 fully saturated rings. The molecule has 0 aliphatic heterocycles. The van der Waals surface area contributed by atoms with Crippen LogP contribution in [0.1, 0.15) is 21.6 Å². The molecule has 2 heterocycles. The molecule has 3 aromatic rings. The largest absolute Gasteiger partial charge is 0.354 e. The number of benzene rings is 1. The molecule has 0 bridgehead atoms. The molecule has 1 amide bonds. The van der Waals surface area contributed by atoms with Crippen LogP contribution in [0, 0.1) is 0 Å². The molecular formula is C21H23N5O. The Morgan fingerprint density at radius 3 is 2.30 bits per heavy atom. The van der Waals surface area contributed by atoms with Gasteiger partial charge in [-0.3, -0.25) is 9.78 Å². The molecule has 3 rings (SSSR count). The first kappa shape index (κ1) is 18.5. The summed E-state index contributed by atoms with van der Waals surface area (Å²) in [6, 6.07) is 17.6. The molecule has 0 saturated carbocycles. The number of pyridine rings is 1. The predicted molar refractivity (Wildman–Crippen MR) is 105 cm³/mol. The second-order valence-electron chi connectivity index (χ2n) is 6.45. The summed E-state index contributed by atoms with van der Waals surface area (Å²) in [6.07, 6.45) is 4.29. The molecule has 0 saturated heterocycles. The zero-order valence-corrected chi connectivity index (χ0v) is 15.6. The van der Waals surface area contributed by atoms with E-state index in [4.69, 9.17) is 0 Å². The van der Waals surface area contributed by atoms with E-state index in [1.54, 1.807) is 30.4 Å². The Hall–Kier alpha value is -3.28. The quantitative estimate of drug-likeness (QED) is 0.648. The highest BCUT2D eigenvalue weighted by Crippen LogP contribution is 2.12. The van der Waals surface area contributed by atoms with Crippen molar-refractivity contribution in [3.63, 3.8) is 0 Å². The van der Waals surface area contributed by atoms with Crippen LogP contribution in [0.5, 0.6) is 0 Å². The summed E-state index contributed by atoms with van der Waals surface area (Å²) in [7, 11) is 3.74. The number of hydrogen-bond donors (Lipinski definition) is 0. The molecule has 2 aromatic heterocycles. The van der Waals surface area contributed by atoms with Crippen LogP contribution in [0.4, 0.5) is 5.82 Å². The Balaban J connectivity index is 1.57. The molecule has 0 radical (unpaired) electrons. The van der Waals surface area contributed by atoms with Crippen molar-refractivity contribution in [3.8, 4) is 0 Å². The van der Waals surface area contributed by atoms with Crippen molar-refractivity contribution in [2.75, 3.05) is 25.5 Å². The lowest BCUT2D eigenvalue weighted by molar-refractivity contribution is 0.0789. The van der Waals surface area contributed by atoms with Gasteiger partial charge in [-0.1, -0.05) is 30.3 Å². The van der Waals surface area contributed by atoms with Gasteiger partial charge in [0.1, 0.15) is 0 Å². The third-order valence-electron chi connectivity index (χ3n) is 4.36. The van der Waals surface area contributed by atoms with Gasteiger partial charge in [-0.05, 0) is 41.8 Å². The molecule has 0 aliphatic rings. The van der Waals surface area contributed by atoms with Crippen molar-refractivity contribution < 1.29 is 4.79 Å². The second kappa shape index (κ2) is 8.89. The van der Waals surface area contributed by atoms with Gasteiger partial charge in [-0.2, -0.15) is 0 Å². The monoisotopic (exact) mass is 361 g/mol. The standard InChI is InChI=1S/C21H23N5O/c1-25(15-12-17-10-13-22-14-11-17)21(27)19-8-9-20(24-23-19)26(2)16-18-6-4-3-5-7-18/h3-11,13-14H,12,15-16H2,1-2H3. The first-order valence-corrected chi connectivity index (χ1v) is 8.86. The maximum Gasteiger partial charge on any atom is 0.274 e. The predicted octanol–water partition coefficient (Wildman–Crippen LogP) is 2.82. The first-order chi connectivity index (χ1) is 13.1. The summed E-state index contributed by atoms with van der Waals surface area (Å²) in [5.41, 5.74) is 2.69. The molecule has 6 nitrogen and oxygen atoms in total. The third kappa shape index (κ3) is 5.10. The third-order valence-corrected chi connectivity index (χ3v) is 4.36. The van der Waals surface area contributed by atoms with E-state index in [2.05, 4.69) is 27.3 Å². The van der Waals surface area contributed by atoms with Gasteiger partial charge in [-0.15, -0.1) is 10.2 Å². The summed E-state index contributed by atoms with van der Waals surface area (Å²) >= 11 is 0. The summed E-state index contributed by atoms with van der Waals surface area (Å²) < 4.78 is 0. The number of carbonyl (C=O) groups excluding carboxylic acids is 1. The van der Waals surface area contributed by atoms with Gasteiger partial charge in [0.05, 0.1) is 0 Å². The highest BCUT2D eigenvalue weighted by molar-refractivity contribution is 5.92. The topological polar surface area (TPSA) is 62.2 Å². The fourth-order valence-corrected chi connectivity index (χ4v) is 2.72. The first-order valence-electron chi connectivity index (χ1n) is 8.86. The zero-order valence-electron chi connectivity index (χ0n) is 15.6. The Bertz CT molecular complexity index is 853. The molecule has 0 spiro atoms. The van der Waals surface area contributed by atoms with Crippen LogP contribution in [0.15, 0.2) is 67.0 Å². The van der Waals surface area contributed by atoms with E-state index in [1.165, 1.54) is 5.56 Å². The van der Waals surface area contributed by atoms with Gasteiger partial charge in [0, 0.05) is 39.6 Å². The van der Waals surface area contributed by atoms with E-state index in [1.807, 2.05) is 48.3 Å². The minimum Gasteiger partial charge on any atom is -0.354 e. The molecule has 6 heteroatoms. The highest BCUT2D eigenvalue weighted by Gasteiger charge is 2.14. The second-order valence-corrected chi connectivity index (χ2v) is 6.45. The van der Waals surface area contributed by atoms with Crippen molar-refractivity contribution in [2.24, 2.45) is 0 Å². The summed E-state index contributed by atoms with van der Waals surface area (Å²) in [6.45, 7) is 1.34. The molecule has 0 unspecified atom stereocenters. The Kier molecular flexibility index (Phi) is 6.10. The van der Waals surface area contributed by atoms with Gasteiger partial charge in [0.25, 0.3) is 5.91 Å². The smallest absolute Gasteiger partial charge is 0.274 e. The van der Waals surface area contributed by atoms with E-state index >= 15 is 0 Å². The summed E-state index contributed by atoms with van der Waals surface area (Å²) in [5.74, 6) is 0.601. The minimum atomic E-state index is -0.131. The molecule has 0 aliphatic carbocycles. The Labute approximate surface area is 159 Å². The lowest BCUT2D eigenvalue weighted by atomic mass is 10.2. The summed E-state index contributed by atoms with van der Waals surface area (Å²) in [4.78, 5) is 20.2. The lowest BCUT2D eigenvalue weighted by Crippen LogP contribution is -2.30. The molecule has 1 aromatic carbocycles. The van der Waals surface area contributed by atoms with Crippen molar-refractivity contribution in [1.82, 2.24) is 20.1 Å². The zero-order chi connectivity index (χ0) is 19.1. The number of amides is 1. The fourth-order valence-electron chi connectivity index (χ4n) is 2.72. The van der Waals surface area contributed by atoms with Gasteiger partial charge < -0.3 is 9.80 Å². The molecule has 138 valence electrons. The van der Waals surface area contributed by atoms with Gasteiger partial charge in [0.15, 0.2) is 11.5 Å². The lowest BCUT2D eigenvalue weighted by Gasteiger charge is -2.19. The Morgan fingerprint density at radius 1 is 0.889 bits per heavy atom. The maximum atomic E-state index is 12.5. The number of anilines is 1. The normalized spacial score (nSPS) is 10.4. The van der Waals surface area contributed by atoms with Crippen LogP contribution in [-0.4, -0.2) is 46.6 Å². The number of nitrogens with zero attached hydrogens (tertiary/aromatic N) is 5.